The topological polar surface area (TPSA) is 29.5 Å². The van der Waals surface area contributed by atoms with Gasteiger partial charge in [0.05, 0.1) is 7.11 Å². The van der Waals surface area contributed by atoms with Crippen molar-refractivity contribution in [2.24, 2.45) is 0 Å². The Labute approximate surface area is 164 Å². The van der Waals surface area contributed by atoms with E-state index in [2.05, 4.69) is 11.0 Å². The lowest BCUT2D eigenvalue weighted by Crippen LogP contribution is -2.45. The van der Waals surface area contributed by atoms with E-state index in [0.29, 0.717) is 11.6 Å². The lowest BCUT2D eigenvalue weighted by Gasteiger charge is -2.33. The average molecular weight is 388 g/mol. The summed E-state index contributed by atoms with van der Waals surface area (Å²) < 4.78 is 18.3. The number of esters is 1. The summed E-state index contributed by atoms with van der Waals surface area (Å²) in [6.07, 6.45) is 5.00. The maximum atomic E-state index is 13.4. The van der Waals surface area contributed by atoms with Crippen molar-refractivity contribution in [2.45, 2.75) is 25.3 Å². The van der Waals surface area contributed by atoms with Crippen molar-refractivity contribution in [3.05, 3.63) is 76.6 Å². The van der Waals surface area contributed by atoms with Crippen molar-refractivity contribution < 1.29 is 13.9 Å². The van der Waals surface area contributed by atoms with E-state index >= 15 is 0 Å². The molecule has 5 heteroatoms. The summed E-state index contributed by atoms with van der Waals surface area (Å²) in [4.78, 5) is 14.2. The SMILES string of the molecule is COC(=O)C1CCCCN1C/C=C(/c1ccc(F)cc1)c1ccc(Cl)cc1. The van der Waals surface area contributed by atoms with E-state index in [-0.39, 0.29) is 17.8 Å². The number of halogens is 2. The average Bonchev–Trinajstić information content (AvgIpc) is 2.70. The van der Waals surface area contributed by atoms with E-state index in [9.17, 15) is 9.18 Å². The van der Waals surface area contributed by atoms with Gasteiger partial charge < -0.3 is 4.74 Å². The quantitative estimate of drug-likeness (QED) is 0.680. The fraction of sp³-hybridized carbons (Fsp3) is 0.318. The molecule has 3 rings (SSSR count). The first-order chi connectivity index (χ1) is 13.1. The third-order valence-corrected chi connectivity index (χ3v) is 5.18. The lowest BCUT2D eigenvalue weighted by molar-refractivity contribution is -0.148. The Hall–Kier alpha value is -2.17. The van der Waals surface area contributed by atoms with Crippen LogP contribution in [0.1, 0.15) is 30.4 Å². The number of hydrogen-bond acceptors (Lipinski definition) is 3. The second-order valence-corrected chi connectivity index (χ2v) is 7.10. The fourth-order valence-electron chi connectivity index (χ4n) is 3.48. The van der Waals surface area contributed by atoms with Gasteiger partial charge in [-0.2, -0.15) is 0 Å². The number of carbonyl (C=O) groups excluding carboxylic acids is 1. The van der Waals surface area contributed by atoms with Crippen LogP contribution >= 0.6 is 11.6 Å². The van der Waals surface area contributed by atoms with Crippen molar-refractivity contribution in [2.75, 3.05) is 20.2 Å². The zero-order valence-corrected chi connectivity index (χ0v) is 16.1. The van der Waals surface area contributed by atoms with Crippen LogP contribution in [-0.2, 0) is 9.53 Å². The summed E-state index contributed by atoms with van der Waals surface area (Å²) in [5.74, 6) is -0.450. The third-order valence-electron chi connectivity index (χ3n) is 4.93. The minimum absolute atomic E-state index is 0.182. The van der Waals surface area contributed by atoms with E-state index in [4.69, 9.17) is 16.3 Å². The Morgan fingerprint density at radius 1 is 1.15 bits per heavy atom. The smallest absolute Gasteiger partial charge is 0.323 e. The zero-order chi connectivity index (χ0) is 19.2. The molecule has 0 aliphatic carbocycles. The van der Waals surface area contributed by atoms with Crippen molar-refractivity contribution >= 4 is 23.1 Å². The van der Waals surface area contributed by atoms with Crippen LogP contribution in [0.5, 0.6) is 0 Å². The van der Waals surface area contributed by atoms with Crippen LogP contribution in [0.25, 0.3) is 5.57 Å². The van der Waals surface area contributed by atoms with E-state index < -0.39 is 0 Å². The summed E-state index contributed by atoms with van der Waals surface area (Å²) in [6.45, 7) is 1.47. The van der Waals surface area contributed by atoms with Crippen LogP contribution in [0.4, 0.5) is 4.39 Å². The summed E-state index contributed by atoms with van der Waals surface area (Å²) >= 11 is 6.02. The lowest BCUT2D eigenvalue weighted by atomic mass is 9.96. The van der Waals surface area contributed by atoms with Crippen molar-refractivity contribution in [1.29, 1.82) is 0 Å². The maximum Gasteiger partial charge on any atom is 0.323 e. The van der Waals surface area contributed by atoms with E-state index in [1.54, 1.807) is 12.1 Å². The highest BCUT2D eigenvalue weighted by atomic mass is 35.5. The van der Waals surface area contributed by atoms with Gasteiger partial charge in [0, 0.05) is 11.6 Å². The number of carbonyl (C=O) groups is 1. The summed E-state index contributed by atoms with van der Waals surface area (Å²) in [7, 11) is 1.43. The van der Waals surface area contributed by atoms with Gasteiger partial charge in [-0.1, -0.05) is 48.4 Å². The highest BCUT2D eigenvalue weighted by molar-refractivity contribution is 6.30. The van der Waals surface area contributed by atoms with Gasteiger partial charge in [-0.3, -0.25) is 9.69 Å². The first-order valence-corrected chi connectivity index (χ1v) is 9.50. The van der Waals surface area contributed by atoms with Crippen LogP contribution in [0.2, 0.25) is 5.02 Å². The Kier molecular flexibility index (Phi) is 6.64. The predicted octanol–water partition coefficient (Wildman–Crippen LogP) is 4.94. The molecule has 0 spiro atoms. The van der Waals surface area contributed by atoms with Crippen LogP contribution in [0.15, 0.2) is 54.6 Å². The summed E-state index contributed by atoms with van der Waals surface area (Å²) in [6, 6.07) is 13.8. The second kappa shape index (κ2) is 9.16. The molecule has 0 amide bonds. The first-order valence-electron chi connectivity index (χ1n) is 9.12. The largest absolute Gasteiger partial charge is 0.468 e. The molecule has 2 aromatic rings. The standard InChI is InChI=1S/C22H23ClFNO2/c1-27-22(26)21-4-2-3-14-25(21)15-13-20(16-5-9-18(23)10-6-16)17-7-11-19(24)12-8-17/h5-13,21H,2-4,14-15H2,1H3/b20-13+. The monoisotopic (exact) mass is 387 g/mol. The molecule has 1 aliphatic heterocycles. The second-order valence-electron chi connectivity index (χ2n) is 6.66. The molecular weight excluding hydrogens is 365 g/mol. The number of benzene rings is 2. The molecule has 2 aromatic carbocycles. The highest BCUT2D eigenvalue weighted by Crippen LogP contribution is 2.26. The molecule has 1 fully saturated rings. The van der Waals surface area contributed by atoms with E-state index in [1.807, 2.05) is 24.3 Å². The number of likely N-dealkylation sites (tertiary alicyclic amines) is 1. The molecule has 0 bridgehead atoms. The van der Waals surface area contributed by atoms with Crippen molar-refractivity contribution in [1.82, 2.24) is 4.90 Å². The van der Waals surface area contributed by atoms with Gasteiger partial charge in [-0.25, -0.2) is 4.39 Å². The van der Waals surface area contributed by atoms with Crippen LogP contribution in [-0.4, -0.2) is 37.1 Å². The number of rotatable bonds is 5. The summed E-state index contributed by atoms with van der Waals surface area (Å²) in [5.41, 5.74) is 2.91. The number of hydrogen-bond donors (Lipinski definition) is 0. The molecule has 1 unspecified atom stereocenters. The Bertz CT molecular complexity index is 755. The van der Waals surface area contributed by atoms with E-state index in [0.717, 1.165) is 42.5 Å². The van der Waals surface area contributed by atoms with Gasteiger partial charge in [0.25, 0.3) is 0 Å². The molecule has 27 heavy (non-hydrogen) atoms. The number of ether oxygens (including phenoxy) is 1. The molecular formula is C22H23ClFNO2. The van der Waals surface area contributed by atoms with Gasteiger partial charge in [0.15, 0.2) is 0 Å². The molecule has 1 aliphatic rings. The van der Waals surface area contributed by atoms with Gasteiger partial charge >= 0.3 is 5.97 Å². The number of methoxy groups -OCH3 is 1. The Balaban J connectivity index is 1.90. The molecule has 0 radical (unpaired) electrons. The highest BCUT2D eigenvalue weighted by Gasteiger charge is 2.28. The van der Waals surface area contributed by atoms with Crippen molar-refractivity contribution in [3.8, 4) is 0 Å². The number of piperidine rings is 1. The van der Waals surface area contributed by atoms with Crippen LogP contribution in [0.3, 0.4) is 0 Å². The molecule has 1 atom stereocenters. The molecule has 1 saturated heterocycles. The molecule has 0 N–H and O–H groups in total. The van der Waals surface area contributed by atoms with Gasteiger partial charge in [-0.05, 0) is 60.4 Å². The van der Waals surface area contributed by atoms with Crippen molar-refractivity contribution in [3.63, 3.8) is 0 Å². The molecule has 142 valence electrons. The number of nitrogens with zero attached hydrogens (tertiary/aromatic N) is 1. The third kappa shape index (κ3) is 4.96. The molecule has 3 nitrogen and oxygen atoms in total. The summed E-state index contributed by atoms with van der Waals surface area (Å²) in [5, 5.41) is 0.666. The van der Waals surface area contributed by atoms with Crippen LogP contribution in [0, 0.1) is 5.82 Å². The van der Waals surface area contributed by atoms with Gasteiger partial charge in [-0.15, -0.1) is 0 Å². The molecule has 0 saturated carbocycles. The zero-order valence-electron chi connectivity index (χ0n) is 15.3. The molecule has 1 heterocycles. The van der Waals surface area contributed by atoms with Gasteiger partial charge in [0.2, 0.25) is 0 Å². The molecule has 0 aromatic heterocycles. The first kappa shape index (κ1) is 19.6. The normalized spacial score (nSPS) is 18.3. The van der Waals surface area contributed by atoms with E-state index in [1.165, 1.54) is 19.2 Å². The Morgan fingerprint density at radius 2 is 1.78 bits per heavy atom. The minimum Gasteiger partial charge on any atom is -0.468 e. The minimum atomic E-state index is -0.268. The Morgan fingerprint density at radius 3 is 2.41 bits per heavy atom. The van der Waals surface area contributed by atoms with Gasteiger partial charge in [0.1, 0.15) is 11.9 Å². The maximum absolute atomic E-state index is 13.4. The predicted molar refractivity (Wildman–Crippen MR) is 106 cm³/mol. The van der Waals surface area contributed by atoms with Crippen LogP contribution < -0.4 is 0 Å². The fourth-order valence-corrected chi connectivity index (χ4v) is 3.61.